The standard InChI is InChI=1S/C27H24N4O2/c1-18-16-22(26(28)32)21-14-8-9-15-24(21)30(18)27(33)25-17-23(19-10-4-2-5-11-19)29-31(25)20-12-6-3-7-13-20/h2-15,17-18,22H,16H2,1H3,(H2,28,32)/t18-,22+/m1/s1. The molecule has 2 N–H and O–H groups in total. The van der Waals surface area contributed by atoms with Gasteiger partial charge in [0.15, 0.2) is 0 Å². The highest BCUT2D eigenvalue weighted by atomic mass is 16.2. The summed E-state index contributed by atoms with van der Waals surface area (Å²) in [5.74, 6) is -0.961. The number of aromatic nitrogens is 2. The van der Waals surface area contributed by atoms with Gasteiger partial charge in [0.05, 0.1) is 17.3 Å². The summed E-state index contributed by atoms with van der Waals surface area (Å²) in [5.41, 5.74) is 10.1. The summed E-state index contributed by atoms with van der Waals surface area (Å²) >= 11 is 0. The molecule has 1 aromatic heterocycles. The zero-order valence-corrected chi connectivity index (χ0v) is 18.3. The average Bonchev–Trinajstić information content (AvgIpc) is 3.30. The molecular weight excluding hydrogens is 412 g/mol. The van der Waals surface area contributed by atoms with E-state index < -0.39 is 5.92 Å². The Morgan fingerprint density at radius 3 is 2.24 bits per heavy atom. The summed E-state index contributed by atoms with van der Waals surface area (Å²) in [7, 11) is 0. The minimum absolute atomic E-state index is 0.170. The van der Waals surface area contributed by atoms with Crippen LogP contribution in [0.5, 0.6) is 0 Å². The van der Waals surface area contributed by atoms with Crippen molar-refractivity contribution in [1.29, 1.82) is 0 Å². The van der Waals surface area contributed by atoms with E-state index >= 15 is 0 Å². The highest BCUT2D eigenvalue weighted by Crippen LogP contribution is 2.39. The molecule has 0 spiro atoms. The quantitative estimate of drug-likeness (QED) is 0.510. The van der Waals surface area contributed by atoms with Crippen LogP contribution in [0.1, 0.15) is 35.3 Å². The molecule has 2 heterocycles. The number of hydrogen-bond acceptors (Lipinski definition) is 3. The molecule has 0 bridgehead atoms. The van der Waals surface area contributed by atoms with E-state index in [4.69, 9.17) is 10.8 Å². The lowest BCUT2D eigenvalue weighted by atomic mass is 9.85. The van der Waals surface area contributed by atoms with Crippen molar-refractivity contribution in [2.75, 3.05) is 4.90 Å². The second-order valence-corrected chi connectivity index (χ2v) is 8.30. The normalized spacial score (nSPS) is 17.4. The van der Waals surface area contributed by atoms with Crippen LogP contribution in [-0.2, 0) is 4.79 Å². The number of fused-ring (bicyclic) bond motifs is 1. The van der Waals surface area contributed by atoms with Gasteiger partial charge in [-0.3, -0.25) is 9.59 Å². The van der Waals surface area contributed by atoms with Gasteiger partial charge in [-0.15, -0.1) is 0 Å². The third-order valence-corrected chi connectivity index (χ3v) is 6.15. The van der Waals surface area contributed by atoms with Crippen molar-refractivity contribution in [1.82, 2.24) is 9.78 Å². The molecule has 0 aliphatic carbocycles. The largest absolute Gasteiger partial charge is 0.369 e. The van der Waals surface area contributed by atoms with Gasteiger partial charge in [0.1, 0.15) is 5.69 Å². The molecule has 0 radical (unpaired) electrons. The first-order valence-corrected chi connectivity index (χ1v) is 11.0. The van der Waals surface area contributed by atoms with E-state index in [2.05, 4.69) is 0 Å². The van der Waals surface area contributed by atoms with Crippen LogP contribution in [-0.4, -0.2) is 27.6 Å². The van der Waals surface area contributed by atoms with Crippen molar-refractivity contribution in [2.45, 2.75) is 25.3 Å². The number of rotatable bonds is 4. The van der Waals surface area contributed by atoms with E-state index in [1.807, 2.05) is 97.9 Å². The lowest BCUT2D eigenvalue weighted by Crippen LogP contribution is -2.45. The summed E-state index contributed by atoms with van der Waals surface area (Å²) < 4.78 is 1.69. The van der Waals surface area contributed by atoms with E-state index in [9.17, 15) is 9.59 Å². The van der Waals surface area contributed by atoms with E-state index in [0.717, 1.165) is 22.5 Å². The predicted octanol–water partition coefficient (Wildman–Crippen LogP) is 4.55. The number of primary amides is 1. The Balaban J connectivity index is 1.64. The smallest absolute Gasteiger partial charge is 0.277 e. The van der Waals surface area contributed by atoms with Gasteiger partial charge < -0.3 is 10.6 Å². The number of carbonyl (C=O) groups is 2. The Kier molecular flexibility index (Phi) is 5.26. The van der Waals surface area contributed by atoms with Crippen LogP contribution in [0.25, 0.3) is 16.9 Å². The fourth-order valence-corrected chi connectivity index (χ4v) is 4.56. The summed E-state index contributed by atoms with van der Waals surface area (Å²) in [6.45, 7) is 1.95. The van der Waals surface area contributed by atoms with E-state index in [0.29, 0.717) is 17.8 Å². The van der Waals surface area contributed by atoms with Gasteiger partial charge in [0.25, 0.3) is 5.91 Å². The molecule has 0 saturated carbocycles. The molecule has 0 saturated heterocycles. The second-order valence-electron chi connectivity index (χ2n) is 8.30. The Bertz CT molecular complexity index is 1310. The summed E-state index contributed by atoms with van der Waals surface area (Å²) in [5, 5.41) is 4.79. The van der Waals surface area contributed by atoms with Crippen LogP contribution >= 0.6 is 0 Å². The molecule has 2 atom stereocenters. The van der Waals surface area contributed by atoms with Gasteiger partial charge in [0.2, 0.25) is 5.91 Å². The van der Waals surface area contributed by atoms with Gasteiger partial charge in [-0.2, -0.15) is 5.10 Å². The molecule has 4 aromatic rings. The third kappa shape index (κ3) is 3.69. The summed E-state index contributed by atoms with van der Waals surface area (Å²) in [6.07, 6.45) is 0.475. The Labute approximate surface area is 192 Å². The highest BCUT2D eigenvalue weighted by Gasteiger charge is 2.37. The number of anilines is 1. The molecule has 1 aliphatic rings. The summed E-state index contributed by atoms with van der Waals surface area (Å²) in [6, 6.07) is 28.5. The second kappa shape index (κ2) is 8.39. The molecule has 5 rings (SSSR count). The van der Waals surface area contributed by atoms with Crippen molar-refractivity contribution >= 4 is 17.5 Å². The zero-order chi connectivity index (χ0) is 22.9. The minimum atomic E-state index is -0.417. The fourth-order valence-electron chi connectivity index (χ4n) is 4.56. The third-order valence-electron chi connectivity index (χ3n) is 6.15. The molecule has 6 heteroatoms. The minimum Gasteiger partial charge on any atom is -0.369 e. The number of hydrogen-bond donors (Lipinski definition) is 1. The van der Waals surface area contributed by atoms with Crippen LogP contribution in [0, 0.1) is 0 Å². The van der Waals surface area contributed by atoms with Crippen molar-refractivity contribution in [2.24, 2.45) is 5.73 Å². The van der Waals surface area contributed by atoms with E-state index in [1.165, 1.54) is 0 Å². The first-order chi connectivity index (χ1) is 16.0. The Hall–Kier alpha value is -4.19. The first-order valence-electron chi connectivity index (χ1n) is 11.0. The number of nitrogens with two attached hydrogens (primary N) is 1. The summed E-state index contributed by atoms with van der Waals surface area (Å²) in [4.78, 5) is 27.9. The van der Waals surface area contributed by atoms with Crippen molar-refractivity contribution < 1.29 is 9.59 Å². The maximum atomic E-state index is 14.0. The number of amides is 2. The van der Waals surface area contributed by atoms with Crippen LogP contribution in [0.2, 0.25) is 0 Å². The molecule has 3 aromatic carbocycles. The van der Waals surface area contributed by atoms with Gasteiger partial charge >= 0.3 is 0 Å². The maximum absolute atomic E-state index is 14.0. The molecule has 1 aliphatic heterocycles. The van der Waals surface area contributed by atoms with Gasteiger partial charge in [-0.1, -0.05) is 66.7 Å². The number of benzene rings is 3. The molecule has 0 fully saturated rings. The lowest BCUT2D eigenvalue weighted by Gasteiger charge is -2.38. The van der Waals surface area contributed by atoms with Crippen molar-refractivity contribution in [3.05, 3.63) is 102 Å². The SMILES string of the molecule is C[C@@H]1C[C@H](C(N)=O)c2ccccc2N1C(=O)c1cc(-c2ccccc2)nn1-c1ccccc1. The first kappa shape index (κ1) is 20.7. The van der Waals surface area contributed by atoms with Crippen LogP contribution < -0.4 is 10.6 Å². The molecule has 164 valence electrons. The Morgan fingerprint density at radius 1 is 0.909 bits per heavy atom. The predicted molar refractivity (Wildman–Crippen MR) is 128 cm³/mol. The van der Waals surface area contributed by atoms with E-state index in [1.54, 1.807) is 9.58 Å². The van der Waals surface area contributed by atoms with Crippen molar-refractivity contribution in [3.8, 4) is 16.9 Å². The number of nitrogens with zero attached hydrogens (tertiary/aromatic N) is 3. The van der Waals surface area contributed by atoms with E-state index in [-0.39, 0.29) is 17.9 Å². The van der Waals surface area contributed by atoms with Crippen LogP contribution in [0.3, 0.4) is 0 Å². The molecular formula is C27H24N4O2. The van der Waals surface area contributed by atoms with Gasteiger partial charge in [-0.25, -0.2) is 4.68 Å². The average molecular weight is 437 g/mol. The molecule has 2 amide bonds. The topological polar surface area (TPSA) is 81.2 Å². The lowest BCUT2D eigenvalue weighted by molar-refractivity contribution is -0.119. The fraction of sp³-hybridized carbons (Fsp3) is 0.148. The Morgan fingerprint density at radius 2 is 1.55 bits per heavy atom. The van der Waals surface area contributed by atoms with Gasteiger partial charge in [0, 0.05) is 17.3 Å². The molecule has 6 nitrogen and oxygen atoms in total. The highest BCUT2D eigenvalue weighted by molar-refractivity contribution is 6.08. The van der Waals surface area contributed by atoms with Crippen LogP contribution in [0.15, 0.2) is 91.0 Å². The number of carbonyl (C=O) groups excluding carboxylic acids is 2. The van der Waals surface area contributed by atoms with Crippen LogP contribution in [0.4, 0.5) is 5.69 Å². The number of para-hydroxylation sites is 2. The monoisotopic (exact) mass is 436 g/mol. The molecule has 33 heavy (non-hydrogen) atoms. The maximum Gasteiger partial charge on any atom is 0.277 e. The van der Waals surface area contributed by atoms with Gasteiger partial charge in [-0.05, 0) is 43.2 Å². The zero-order valence-electron chi connectivity index (χ0n) is 18.3. The van der Waals surface area contributed by atoms with Crippen molar-refractivity contribution in [3.63, 3.8) is 0 Å². The molecule has 0 unspecified atom stereocenters.